The highest BCUT2D eigenvalue weighted by Crippen LogP contribution is 2.14. The molecule has 1 atom stereocenters. The lowest BCUT2D eigenvalue weighted by atomic mass is 9.99. The van der Waals surface area contributed by atoms with Crippen molar-refractivity contribution in [2.75, 3.05) is 7.05 Å². The van der Waals surface area contributed by atoms with Crippen LogP contribution in [-0.4, -0.2) is 13.1 Å². The minimum absolute atomic E-state index is 0.139. The first-order chi connectivity index (χ1) is 7.67. The molecule has 1 N–H and O–H groups in total. The van der Waals surface area contributed by atoms with E-state index >= 15 is 0 Å². The summed E-state index contributed by atoms with van der Waals surface area (Å²) in [6.07, 6.45) is 4.55. The largest absolute Gasteiger partial charge is 0.317 e. The molecule has 0 radical (unpaired) electrons. The van der Waals surface area contributed by atoms with Gasteiger partial charge in [-0.3, -0.25) is 0 Å². The van der Waals surface area contributed by atoms with Gasteiger partial charge in [0, 0.05) is 6.04 Å². The molecule has 1 nitrogen and oxygen atoms in total. The fraction of sp³-hybridized carbons (Fsp3) is 0.571. The van der Waals surface area contributed by atoms with E-state index in [4.69, 9.17) is 0 Å². The van der Waals surface area contributed by atoms with Gasteiger partial charge in [-0.05, 0) is 56.5 Å². The van der Waals surface area contributed by atoms with Crippen molar-refractivity contribution in [3.05, 3.63) is 35.1 Å². The third-order valence-corrected chi connectivity index (χ3v) is 3.11. The molecule has 90 valence electrons. The average molecular weight is 223 g/mol. The molecule has 0 amide bonds. The standard InChI is InChI=1S/C14H22FN/c1-4-5-14(16-3)9-7-12-6-8-13(15)10-11(12)2/h6,8,10,14,16H,4-5,7,9H2,1-3H3. The molecule has 0 aliphatic carbocycles. The molecular formula is C14H22FN. The minimum Gasteiger partial charge on any atom is -0.317 e. The van der Waals surface area contributed by atoms with Gasteiger partial charge in [0.15, 0.2) is 0 Å². The second-order valence-electron chi connectivity index (χ2n) is 4.38. The number of hydrogen-bond acceptors (Lipinski definition) is 1. The number of nitrogens with one attached hydrogen (secondary N) is 1. The lowest BCUT2D eigenvalue weighted by Crippen LogP contribution is -2.25. The smallest absolute Gasteiger partial charge is 0.123 e. The molecule has 1 aromatic carbocycles. The molecule has 0 spiro atoms. The summed E-state index contributed by atoms with van der Waals surface area (Å²) in [4.78, 5) is 0. The van der Waals surface area contributed by atoms with Crippen LogP contribution in [0.25, 0.3) is 0 Å². The molecule has 1 unspecified atom stereocenters. The van der Waals surface area contributed by atoms with E-state index in [1.54, 1.807) is 12.1 Å². The molecule has 0 saturated heterocycles. The van der Waals surface area contributed by atoms with Crippen molar-refractivity contribution < 1.29 is 4.39 Å². The van der Waals surface area contributed by atoms with Crippen LogP contribution in [0.3, 0.4) is 0 Å². The highest BCUT2D eigenvalue weighted by molar-refractivity contribution is 5.26. The molecule has 0 heterocycles. The summed E-state index contributed by atoms with van der Waals surface area (Å²) in [5.74, 6) is -0.139. The van der Waals surface area contributed by atoms with E-state index in [2.05, 4.69) is 12.2 Å². The molecule has 0 saturated carbocycles. The molecule has 16 heavy (non-hydrogen) atoms. The predicted molar refractivity (Wildman–Crippen MR) is 67.2 cm³/mol. The first-order valence-electron chi connectivity index (χ1n) is 6.09. The van der Waals surface area contributed by atoms with E-state index in [9.17, 15) is 4.39 Å². The van der Waals surface area contributed by atoms with Gasteiger partial charge in [0.25, 0.3) is 0 Å². The maximum Gasteiger partial charge on any atom is 0.123 e. The van der Waals surface area contributed by atoms with E-state index in [-0.39, 0.29) is 5.82 Å². The van der Waals surface area contributed by atoms with Crippen LogP contribution in [0.15, 0.2) is 18.2 Å². The Morgan fingerprint density at radius 3 is 2.62 bits per heavy atom. The second-order valence-corrected chi connectivity index (χ2v) is 4.38. The topological polar surface area (TPSA) is 12.0 Å². The Kier molecular flexibility index (Phi) is 5.47. The van der Waals surface area contributed by atoms with Crippen molar-refractivity contribution in [2.24, 2.45) is 0 Å². The summed E-state index contributed by atoms with van der Waals surface area (Å²) in [6.45, 7) is 4.18. The molecule has 0 aliphatic heterocycles. The third kappa shape index (κ3) is 3.93. The molecule has 0 aliphatic rings. The van der Waals surface area contributed by atoms with E-state index in [1.165, 1.54) is 18.4 Å². The molecule has 2 heteroatoms. The van der Waals surface area contributed by atoms with Crippen molar-refractivity contribution in [1.29, 1.82) is 0 Å². The van der Waals surface area contributed by atoms with Gasteiger partial charge in [0.1, 0.15) is 5.82 Å². The van der Waals surface area contributed by atoms with E-state index in [0.29, 0.717) is 6.04 Å². The minimum atomic E-state index is -0.139. The van der Waals surface area contributed by atoms with Gasteiger partial charge >= 0.3 is 0 Å². The summed E-state index contributed by atoms with van der Waals surface area (Å²) in [6, 6.07) is 5.65. The van der Waals surface area contributed by atoms with Gasteiger partial charge in [-0.2, -0.15) is 0 Å². The van der Waals surface area contributed by atoms with Gasteiger partial charge < -0.3 is 5.32 Å². The van der Waals surface area contributed by atoms with Crippen LogP contribution < -0.4 is 5.32 Å². The van der Waals surface area contributed by atoms with Gasteiger partial charge in [-0.15, -0.1) is 0 Å². The summed E-state index contributed by atoms with van der Waals surface area (Å²) < 4.78 is 12.9. The predicted octanol–water partition coefficient (Wildman–Crippen LogP) is 3.45. The highest BCUT2D eigenvalue weighted by atomic mass is 19.1. The summed E-state index contributed by atoms with van der Waals surface area (Å²) in [5, 5.41) is 3.33. The Balaban J connectivity index is 2.53. The average Bonchev–Trinajstić information content (AvgIpc) is 2.26. The van der Waals surface area contributed by atoms with Crippen LogP contribution in [0.5, 0.6) is 0 Å². The normalized spacial score (nSPS) is 12.8. The van der Waals surface area contributed by atoms with Gasteiger partial charge in [-0.1, -0.05) is 19.4 Å². The Morgan fingerprint density at radius 2 is 2.06 bits per heavy atom. The van der Waals surface area contributed by atoms with Crippen LogP contribution >= 0.6 is 0 Å². The zero-order valence-electron chi connectivity index (χ0n) is 10.5. The Morgan fingerprint density at radius 1 is 1.31 bits per heavy atom. The quantitative estimate of drug-likeness (QED) is 0.779. The number of benzene rings is 1. The monoisotopic (exact) mass is 223 g/mol. The maximum absolute atomic E-state index is 12.9. The van der Waals surface area contributed by atoms with E-state index < -0.39 is 0 Å². The SMILES string of the molecule is CCCC(CCc1ccc(F)cc1C)NC. The molecular weight excluding hydrogens is 201 g/mol. The summed E-state index contributed by atoms with van der Waals surface area (Å²) in [5.41, 5.74) is 2.32. The number of halogens is 1. The lowest BCUT2D eigenvalue weighted by Gasteiger charge is -2.15. The second kappa shape index (κ2) is 6.64. The third-order valence-electron chi connectivity index (χ3n) is 3.11. The van der Waals surface area contributed by atoms with Gasteiger partial charge in [-0.25, -0.2) is 4.39 Å². The van der Waals surface area contributed by atoms with Gasteiger partial charge in [0.05, 0.1) is 0 Å². The van der Waals surface area contributed by atoms with Crippen LogP contribution in [0.4, 0.5) is 4.39 Å². The Hall–Kier alpha value is -0.890. The Labute approximate surface area is 98.1 Å². The van der Waals surface area contributed by atoms with Crippen molar-refractivity contribution in [1.82, 2.24) is 5.32 Å². The van der Waals surface area contributed by atoms with E-state index in [1.807, 2.05) is 20.0 Å². The molecule has 0 fully saturated rings. The highest BCUT2D eigenvalue weighted by Gasteiger charge is 2.06. The molecule has 1 aromatic rings. The summed E-state index contributed by atoms with van der Waals surface area (Å²) >= 11 is 0. The Bertz CT molecular complexity index is 323. The van der Waals surface area contributed by atoms with Crippen molar-refractivity contribution in [3.63, 3.8) is 0 Å². The van der Waals surface area contributed by atoms with Crippen molar-refractivity contribution in [2.45, 2.75) is 45.6 Å². The van der Waals surface area contributed by atoms with E-state index in [0.717, 1.165) is 18.4 Å². The lowest BCUT2D eigenvalue weighted by molar-refractivity contribution is 0.483. The van der Waals surface area contributed by atoms with Crippen LogP contribution in [0.1, 0.15) is 37.3 Å². The first-order valence-corrected chi connectivity index (χ1v) is 6.09. The zero-order chi connectivity index (χ0) is 12.0. The fourth-order valence-electron chi connectivity index (χ4n) is 2.05. The summed E-state index contributed by atoms with van der Waals surface area (Å²) in [7, 11) is 2.01. The molecule has 1 rings (SSSR count). The number of rotatable bonds is 6. The van der Waals surface area contributed by atoms with Gasteiger partial charge in [0.2, 0.25) is 0 Å². The number of hydrogen-bond donors (Lipinski definition) is 1. The van der Waals surface area contributed by atoms with Crippen molar-refractivity contribution >= 4 is 0 Å². The number of aryl methyl sites for hydroxylation is 2. The first kappa shape index (κ1) is 13.2. The fourth-order valence-corrected chi connectivity index (χ4v) is 2.05. The van der Waals surface area contributed by atoms with Crippen LogP contribution in [-0.2, 0) is 6.42 Å². The molecule has 0 aromatic heterocycles. The van der Waals surface area contributed by atoms with Crippen LogP contribution in [0, 0.1) is 12.7 Å². The maximum atomic E-state index is 12.9. The van der Waals surface area contributed by atoms with Crippen molar-refractivity contribution in [3.8, 4) is 0 Å². The molecule has 0 bridgehead atoms. The van der Waals surface area contributed by atoms with Crippen LogP contribution in [0.2, 0.25) is 0 Å². The zero-order valence-corrected chi connectivity index (χ0v) is 10.5.